The number of amides is 1. The van der Waals surface area contributed by atoms with Crippen molar-refractivity contribution in [3.8, 4) is 0 Å². The molecule has 0 radical (unpaired) electrons. The van der Waals surface area contributed by atoms with Gasteiger partial charge in [-0.1, -0.05) is 17.7 Å². The minimum Gasteiger partial charge on any atom is -0.363 e. The fourth-order valence-corrected chi connectivity index (χ4v) is 2.19. The molecule has 2 aromatic rings. The molecule has 1 amide bonds. The van der Waals surface area contributed by atoms with E-state index in [2.05, 4.69) is 20.2 Å². The van der Waals surface area contributed by atoms with Crippen LogP contribution in [-0.4, -0.2) is 49.0 Å². The van der Waals surface area contributed by atoms with Crippen molar-refractivity contribution < 1.29 is 4.79 Å². The highest BCUT2D eigenvalue weighted by Gasteiger charge is 2.11. The Morgan fingerprint density at radius 3 is 2.52 bits per heavy atom. The van der Waals surface area contributed by atoms with Gasteiger partial charge in [-0.15, -0.1) is 0 Å². The van der Waals surface area contributed by atoms with Crippen LogP contribution < -0.4 is 10.2 Å². The zero-order valence-electron chi connectivity index (χ0n) is 13.7. The Hall–Kier alpha value is -2.18. The molecule has 6 nitrogen and oxygen atoms in total. The van der Waals surface area contributed by atoms with Crippen molar-refractivity contribution >= 4 is 29.1 Å². The van der Waals surface area contributed by atoms with Crippen LogP contribution in [0.1, 0.15) is 15.9 Å². The van der Waals surface area contributed by atoms with Crippen molar-refractivity contribution in [3.63, 3.8) is 0 Å². The van der Waals surface area contributed by atoms with Crippen LogP contribution in [0.25, 0.3) is 0 Å². The maximum atomic E-state index is 12.3. The Kier molecular flexibility index (Phi) is 5.52. The maximum Gasteiger partial charge on any atom is 0.257 e. The lowest BCUT2D eigenvalue weighted by Gasteiger charge is -2.13. The van der Waals surface area contributed by atoms with E-state index in [1.54, 1.807) is 23.2 Å². The highest BCUT2D eigenvalue weighted by Crippen LogP contribution is 2.17. The highest BCUT2D eigenvalue weighted by molar-refractivity contribution is 6.30. The van der Waals surface area contributed by atoms with E-state index >= 15 is 0 Å². The number of rotatable bonds is 5. The molecule has 1 N–H and O–H groups in total. The molecular weight excluding hydrogens is 314 g/mol. The maximum absolute atomic E-state index is 12.3. The van der Waals surface area contributed by atoms with Crippen molar-refractivity contribution in [2.45, 2.75) is 6.54 Å². The summed E-state index contributed by atoms with van der Waals surface area (Å²) in [5.74, 6) is 0.846. The molecule has 0 aliphatic rings. The summed E-state index contributed by atoms with van der Waals surface area (Å²) < 4.78 is 0. The van der Waals surface area contributed by atoms with Gasteiger partial charge < -0.3 is 15.1 Å². The quantitative estimate of drug-likeness (QED) is 0.852. The molecule has 2 rings (SSSR count). The third kappa shape index (κ3) is 4.91. The molecule has 2 heterocycles. The van der Waals surface area contributed by atoms with Gasteiger partial charge in [-0.05, 0) is 37.9 Å². The first-order valence-electron chi connectivity index (χ1n) is 7.11. The van der Waals surface area contributed by atoms with Crippen molar-refractivity contribution in [3.05, 3.63) is 46.7 Å². The van der Waals surface area contributed by atoms with Crippen LogP contribution in [0.4, 0.5) is 11.6 Å². The van der Waals surface area contributed by atoms with Gasteiger partial charge in [0.2, 0.25) is 0 Å². The molecule has 7 heteroatoms. The number of pyridine rings is 2. The van der Waals surface area contributed by atoms with Gasteiger partial charge in [0.1, 0.15) is 16.8 Å². The molecule has 0 saturated carbocycles. The Balaban J connectivity index is 2.12. The molecule has 122 valence electrons. The number of aromatic nitrogens is 2. The number of halogens is 1. The molecule has 0 bridgehead atoms. The van der Waals surface area contributed by atoms with E-state index in [0.29, 0.717) is 17.2 Å². The Morgan fingerprint density at radius 1 is 1.22 bits per heavy atom. The molecule has 0 aromatic carbocycles. The Morgan fingerprint density at radius 2 is 1.96 bits per heavy atom. The molecule has 0 atom stereocenters. The van der Waals surface area contributed by atoms with Crippen LogP contribution in [-0.2, 0) is 6.54 Å². The molecule has 23 heavy (non-hydrogen) atoms. The fourth-order valence-electron chi connectivity index (χ4n) is 1.99. The molecular formula is C16H20ClN5O. The molecule has 0 unspecified atom stereocenters. The van der Waals surface area contributed by atoms with Gasteiger partial charge in [0.15, 0.2) is 0 Å². The van der Waals surface area contributed by atoms with Gasteiger partial charge in [0.05, 0.1) is 0 Å². The highest BCUT2D eigenvalue weighted by atomic mass is 35.5. The summed E-state index contributed by atoms with van der Waals surface area (Å²) in [6, 6.07) is 6.94. The molecule has 0 aliphatic carbocycles. The van der Waals surface area contributed by atoms with Crippen molar-refractivity contribution in [1.29, 1.82) is 0 Å². The number of carbonyl (C=O) groups excluding carboxylic acids is 1. The zero-order chi connectivity index (χ0) is 17.0. The van der Waals surface area contributed by atoms with E-state index in [4.69, 9.17) is 11.6 Å². The third-order valence-electron chi connectivity index (χ3n) is 3.07. The molecule has 2 aromatic heterocycles. The van der Waals surface area contributed by atoms with Crippen LogP contribution in [0.5, 0.6) is 0 Å². The average Bonchev–Trinajstić information content (AvgIpc) is 2.48. The first-order valence-corrected chi connectivity index (χ1v) is 7.49. The lowest BCUT2D eigenvalue weighted by atomic mass is 10.2. The Bertz CT molecular complexity index is 685. The second-order valence-corrected chi connectivity index (χ2v) is 6.06. The monoisotopic (exact) mass is 333 g/mol. The van der Waals surface area contributed by atoms with E-state index in [1.165, 1.54) is 6.07 Å². The lowest BCUT2D eigenvalue weighted by Crippen LogP contribution is -2.16. The predicted molar refractivity (Wildman–Crippen MR) is 93.2 cm³/mol. The zero-order valence-corrected chi connectivity index (χ0v) is 14.4. The average molecular weight is 334 g/mol. The lowest BCUT2D eigenvalue weighted by molar-refractivity contribution is 0.102. The van der Waals surface area contributed by atoms with E-state index in [-0.39, 0.29) is 11.1 Å². The van der Waals surface area contributed by atoms with Crippen molar-refractivity contribution in [1.82, 2.24) is 14.9 Å². The topological polar surface area (TPSA) is 61.4 Å². The van der Waals surface area contributed by atoms with Gasteiger partial charge in [-0.3, -0.25) is 4.79 Å². The van der Waals surface area contributed by atoms with Crippen LogP contribution in [0, 0.1) is 0 Å². The Labute approximate surface area is 141 Å². The summed E-state index contributed by atoms with van der Waals surface area (Å²) in [7, 11) is 7.66. The first-order chi connectivity index (χ1) is 10.8. The summed E-state index contributed by atoms with van der Waals surface area (Å²) in [5.41, 5.74) is 1.52. The number of nitrogens with zero attached hydrogens (tertiary/aromatic N) is 4. The second kappa shape index (κ2) is 7.39. The summed E-state index contributed by atoms with van der Waals surface area (Å²) in [4.78, 5) is 24.6. The van der Waals surface area contributed by atoms with Crippen LogP contribution in [0.3, 0.4) is 0 Å². The second-order valence-electron chi connectivity index (χ2n) is 5.67. The molecule has 0 aliphatic heterocycles. The van der Waals surface area contributed by atoms with Gasteiger partial charge >= 0.3 is 0 Å². The molecule has 0 spiro atoms. The number of hydrogen-bond acceptors (Lipinski definition) is 5. The standard InChI is InChI=1S/C16H20ClN5O/c1-21(2)10-11-5-6-14(18-9-11)20-16(23)12-7-13(17)19-15(8-12)22(3)4/h5-9H,10H2,1-4H3,(H,18,20,23). The predicted octanol–water partition coefficient (Wildman–Crippen LogP) is 2.51. The van der Waals surface area contributed by atoms with Gasteiger partial charge in [0, 0.05) is 32.4 Å². The van der Waals surface area contributed by atoms with Gasteiger partial charge in [0.25, 0.3) is 5.91 Å². The largest absolute Gasteiger partial charge is 0.363 e. The normalized spacial score (nSPS) is 10.7. The summed E-state index contributed by atoms with van der Waals surface area (Å²) in [5, 5.41) is 3.04. The van der Waals surface area contributed by atoms with E-state index in [0.717, 1.165) is 12.1 Å². The SMILES string of the molecule is CN(C)Cc1ccc(NC(=O)c2cc(Cl)nc(N(C)C)c2)nc1. The van der Waals surface area contributed by atoms with E-state index in [1.807, 2.05) is 34.3 Å². The van der Waals surface area contributed by atoms with Gasteiger partial charge in [-0.2, -0.15) is 0 Å². The van der Waals surface area contributed by atoms with Crippen molar-refractivity contribution in [2.24, 2.45) is 0 Å². The summed E-state index contributed by atoms with van der Waals surface area (Å²) in [6.07, 6.45) is 1.75. The van der Waals surface area contributed by atoms with Crippen LogP contribution in [0.2, 0.25) is 5.15 Å². The van der Waals surface area contributed by atoms with E-state index in [9.17, 15) is 4.79 Å². The third-order valence-corrected chi connectivity index (χ3v) is 3.26. The summed E-state index contributed by atoms with van der Waals surface area (Å²) >= 11 is 5.97. The number of anilines is 2. The number of carbonyl (C=O) groups is 1. The molecule has 0 saturated heterocycles. The van der Waals surface area contributed by atoms with Crippen LogP contribution in [0.15, 0.2) is 30.5 Å². The van der Waals surface area contributed by atoms with Crippen LogP contribution >= 0.6 is 11.6 Å². The molecule has 0 fully saturated rings. The van der Waals surface area contributed by atoms with Gasteiger partial charge in [-0.25, -0.2) is 9.97 Å². The number of nitrogens with one attached hydrogen (secondary N) is 1. The van der Waals surface area contributed by atoms with Crippen molar-refractivity contribution in [2.75, 3.05) is 38.4 Å². The number of hydrogen-bond donors (Lipinski definition) is 1. The first kappa shape index (κ1) is 17.2. The smallest absolute Gasteiger partial charge is 0.257 e. The van der Waals surface area contributed by atoms with E-state index < -0.39 is 0 Å². The fraction of sp³-hybridized carbons (Fsp3) is 0.312. The minimum absolute atomic E-state index is 0.273. The summed E-state index contributed by atoms with van der Waals surface area (Å²) in [6.45, 7) is 0.799. The minimum atomic E-state index is -0.273.